The fourth-order valence-electron chi connectivity index (χ4n) is 2.09. The summed E-state index contributed by atoms with van der Waals surface area (Å²) in [6.07, 6.45) is 1.50. The molecule has 2 rings (SSSR count). The highest BCUT2D eigenvalue weighted by atomic mass is 16.3. The molecule has 1 N–H and O–H groups in total. The van der Waals surface area contributed by atoms with Crippen molar-refractivity contribution in [3.05, 3.63) is 60.1 Å². The van der Waals surface area contributed by atoms with Crippen molar-refractivity contribution in [3.63, 3.8) is 0 Å². The highest BCUT2D eigenvalue weighted by Gasteiger charge is 2.14. The smallest absolute Gasteiger partial charge is 0.117 e. The Labute approximate surface area is 118 Å². The van der Waals surface area contributed by atoms with Crippen LogP contribution in [0.3, 0.4) is 0 Å². The van der Waals surface area contributed by atoms with Crippen LogP contribution in [0.1, 0.15) is 23.8 Å². The minimum absolute atomic E-state index is 0.433. The third-order valence-electron chi connectivity index (χ3n) is 3.11. The van der Waals surface area contributed by atoms with Crippen molar-refractivity contribution in [2.24, 2.45) is 0 Å². The van der Waals surface area contributed by atoms with Crippen LogP contribution in [0.2, 0.25) is 0 Å². The monoisotopic (exact) mass is 270 g/mol. The first-order valence-corrected chi connectivity index (χ1v) is 6.64. The molecular weight excluding hydrogens is 252 g/mol. The summed E-state index contributed by atoms with van der Waals surface area (Å²) in [4.78, 5) is 2.03. The van der Waals surface area contributed by atoms with E-state index in [0.29, 0.717) is 26.1 Å². The molecule has 2 aromatic rings. The van der Waals surface area contributed by atoms with E-state index in [0.717, 1.165) is 11.3 Å². The molecule has 0 saturated carbocycles. The maximum absolute atomic E-state index is 10.3. The zero-order valence-electron chi connectivity index (χ0n) is 11.3. The molecule has 0 bridgehead atoms. The van der Waals surface area contributed by atoms with E-state index in [-0.39, 0.29) is 0 Å². The Kier molecular flexibility index (Phi) is 5.36. The van der Waals surface area contributed by atoms with Crippen LogP contribution < -0.4 is 0 Å². The van der Waals surface area contributed by atoms with Gasteiger partial charge in [0.1, 0.15) is 5.76 Å². The SMILES string of the molecule is N#CCCN(Cc1ccco1)CC(O)c1ccccc1. The first-order chi connectivity index (χ1) is 9.79. The molecule has 0 fully saturated rings. The van der Waals surface area contributed by atoms with Gasteiger partial charge in [-0.2, -0.15) is 5.26 Å². The van der Waals surface area contributed by atoms with Crippen molar-refractivity contribution in [3.8, 4) is 6.07 Å². The second kappa shape index (κ2) is 7.49. The molecule has 1 atom stereocenters. The standard InChI is InChI=1S/C16H18N2O2/c17-9-5-10-18(12-15-8-4-11-20-15)13-16(19)14-6-2-1-3-7-14/h1-4,6-8,11,16,19H,5,10,12-13H2. The van der Waals surface area contributed by atoms with Gasteiger partial charge in [-0.3, -0.25) is 4.90 Å². The van der Waals surface area contributed by atoms with Gasteiger partial charge in [-0.05, 0) is 17.7 Å². The predicted molar refractivity (Wildman–Crippen MR) is 75.6 cm³/mol. The van der Waals surface area contributed by atoms with Gasteiger partial charge in [0.15, 0.2) is 0 Å². The Morgan fingerprint density at radius 2 is 2.00 bits per heavy atom. The normalized spacial score (nSPS) is 12.2. The third-order valence-corrected chi connectivity index (χ3v) is 3.11. The first kappa shape index (κ1) is 14.3. The molecule has 1 unspecified atom stereocenters. The quantitative estimate of drug-likeness (QED) is 0.840. The fraction of sp³-hybridized carbons (Fsp3) is 0.312. The van der Waals surface area contributed by atoms with Crippen LogP contribution in [0.15, 0.2) is 53.1 Å². The van der Waals surface area contributed by atoms with E-state index in [4.69, 9.17) is 9.68 Å². The Morgan fingerprint density at radius 1 is 1.20 bits per heavy atom. The number of hydrogen-bond acceptors (Lipinski definition) is 4. The maximum Gasteiger partial charge on any atom is 0.117 e. The average Bonchev–Trinajstić information content (AvgIpc) is 2.98. The van der Waals surface area contributed by atoms with Gasteiger partial charge in [-0.15, -0.1) is 0 Å². The molecule has 0 aliphatic carbocycles. The Hall–Kier alpha value is -2.09. The molecule has 0 radical (unpaired) electrons. The van der Waals surface area contributed by atoms with Gasteiger partial charge in [0.05, 0.1) is 25.0 Å². The Balaban J connectivity index is 1.98. The molecule has 104 valence electrons. The lowest BCUT2D eigenvalue weighted by Gasteiger charge is -2.23. The van der Waals surface area contributed by atoms with Gasteiger partial charge in [0.25, 0.3) is 0 Å². The molecular formula is C16H18N2O2. The van der Waals surface area contributed by atoms with E-state index in [9.17, 15) is 5.11 Å². The summed E-state index contributed by atoms with van der Waals surface area (Å²) in [5, 5.41) is 19.0. The Bertz CT molecular complexity index is 531. The van der Waals surface area contributed by atoms with Crippen LogP contribution in [0.25, 0.3) is 0 Å². The van der Waals surface area contributed by atoms with Crippen molar-refractivity contribution in [2.45, 2.75) is 19.1 Å². The van der Waals surface area contributed by atoms with Gasteiger partial charge in [-0.25, -0.2) is 0 Å². The highest BCUT2D eigenvalue weighted by molar-refractivity contribution is 5.17. The topological polar surface area (TPSA) is 60.4 Å². The molecule has 0 aliphatic heterocycles. The van der Waals surface area contributed by atoms with Gasteiger partial charge >= 0.3 is 0 Å². The second-order valence-corrected chi connectivity index (χ2v) is 4.65. The van der Waals surface area contributed by atoms with Crippen LogP contribution in [0, 0.1) is 11.3 Å². The zero-order valence-corrected chi connectivity index (χ0v) is 11.3. The number of aliphatic hydroxyl groups is 1. The lowest BCUT2D eigenvalue weighted by molar-refractivity contribution is 0.106. The lowest BCUT2D eigenvalue weighted by atomic mass is 10.1. The molecule has 1 aromatic carbocycles. The number of nitriles is 1. The van der Waals surface area contributed by atoms with Crippen molar-refractivity contribution in [1.29, 1.82) is 5.26 Å². The van der Waals surface area contributed by atoms with Gasteiger partial charge in [0.2, 0.25) is 0 Å². The largest absolute Gasteiger partial charge is 0.468 e. The number of rotatable bonds is 7. The summed E-state index contributed by atoms with van der Waals surface area (Å²) in [7, 11) is 0. The zero-order chi connectivity index (χ0) is 14.2. The summed E-state index contributed by atoms with van der Waals surface area (Å²) in [5.41, 5.74) is 0.883. The second-order valence-electron chi connectivity index (χ2n) is 4.65. The van der Waals surface area contributed by atoms with Crippen molar-refractivity contribution >= 4 is 0 Å². The summed E-state index contributed by atoms with van der Waals surface area (Å²) < 4.78 is 5.33. The maximum atomic E-state index is 10.3. The molecule has 4 heteroatoms. The molecule has 20 heavy (non-hydrogen) atoms. The van der Waals surface area contributed by atoms with E-state index in [1.165, 1.54) is 0 Å². The van der Waals surface area contributed by atoms with Crippen LogP contribution in [-0.4, -0.2) is 23.1 Å². The van der Waals surface area contributed by atoms with Crippen LogP contribution >= 0.6 is 0 Å². The van der Waals surface area contributed by atoms with Gasteiger partial charge in [0, 0.05) is 19.5 Å². The minimum atomic E-state index is -0.565. The van der Waals surface area contributed by atoms with Gasteiger partial charge in [-0.1, -0.05) is 30.3 Å². The van der Waals surface area contributed by atoms with Crippen molar-refractivity contribution in [1.82, 2.24) is 4.90 Å². The summed E-state index contributed by atoms with van der Waals surface area (Å²) >= 11 is 0. The summed E-state index contributed by atoms with van der Waals surface area (Å²) in [6, 6.07) is 15.4. The van der Waals surface area contributed by atoms with E-state index in [1.54, 1.807) is 6.26 Å². The molecule has 1 heterocycles. The molecule has 4 nitrogen and oxygen atoms in total. The number of aliphatic hydroxyl groups excluding tert-OH is 1. The number of benzene rings is 1. The molecule has 0 amide bonds. The number of furan rings is 1. The third kappa shape index (κ3) is 4.23. The van der Waals surface area contributed by atoms with Crippen LogP contribution in [-0.2, 0) is 6.54 Å². The van der Waals surface area contributed by atoms with Crippen molar-refractivity contribution in [2.75, 3.05) is 13.1 Å². The van der Waals surface area contributed by atoms with Gasteiger partial charge < -0.3 is 9.52 Å². The predicted octanol–water partition coefficient (Wildman–Crippen LogP) is 2.73. The molecule has 0 aliphatic rings. The Morgan fingerprint density at radius 3 is 2.65 bits per heavy atom. The summed E-state index contributed by atoms with van der Waals surface area (Å²) in [6.45, 7) is 1.69. The number of nitrogens with zero attached hydrogens (tertiary/aromatic N) is 2. The highest BCUT2D eigenvalue weighted by Crippen LogP contribution is 2.16. The fourth-order valence-corrected chi connectivity index (χ4v) is 2.09. The molecule has 0 spiro atoms. The van der Waals surface area contributed by atoms with E-state index < -0.39 is 6.10 Å². The van der Waals surface area contributed by atoms with E-state index >= 15 is 0 Å². The molecule has 0 saturated heterocycles. The summed E-state index contributed by atoms with van der Waals surface area (Å²) in [5.74, 6) is 0.836. The minimum Gasteiger partial charge on any atom is -0.468 e. The van der Waals surface area contributed by atoms with Crippen LogP contribution in [0.4, 0.5) is 0 Å². The van der Waals surface area contributed by atoms with E-state index in [2.05, 4.69) is 6.07 Å². The van der Waals surface area contributed by atoms with E-state index in [1.807, 2.05) is 47.4 Å². The molecule has 1 aromatic heterocycles. The number of hydrogen-bond donors (Lipinski definition) is 1. The van der Waals surface area contributed by atoms with Crippen molar-refractivity contribution < 1.29 is 9.52 Å². The first-order valence-electron chi connectivity index (χ1n) is 6.64. The average molecular weight is 270 g/mol. The van der Waals surface area contributed by atoms with Crippen LogP contribution in [0.5, 0.6) is 0 Å². The lowest BCUT2D eigenvalue weighted by Crippen LogP contribution is -2.29.